The predicted molar refractivity (Wildman–Crippen MR) is 126 cm³/mol. The Hall–Kier alpha value is -3.57. The lowest BCUT2D eigenvalue weighted by Gasteiger charge is -2.06. The van der Waals surface area contributed by atoms with Gasteiger partial charge in [-0.3, -0.25) is 28.8 Å². The average Bonchev–Trinajstić information content (AvgIpc) is 2.73. The van der Waals surface area contributed by atoms with E-state index < -0.39 is 23.9 Å². The Bertz CT molecular complexity index is 757. The van der Waals surface area contributed by atoms with Gasteiger partial charge in [0, 0.05) is 18.3 Å². The van der Waals surface area contributed by atoms with Gasteiger partial charge in [0.1, 0.15) is 63.0 Å². The highest BCUT2D eigenvalue weighted by Gasteiger charge is 2.09. The van der Waals surface area contributed by atoms with Crippen LogP contribution < -0.4 is 5.32 Å². The third-order valence-electron chi connectivity index (χ3n) is 3.65. The maximum absolute atomic E-state index is 11.4. The molecule has 0 aromatic carbocycles. The van der Waals surface area contributed by atoms with Crippen molar-refractivity contribution in [1.29, 1.82) is 0 Å². The van der Waals surface area contributed by atoms with E-state index in [4.69, 9.17) is 9.47 Å². The Morgan fingerprint density at radius 3 is 1.31 bits per heavy atom. The molecule has 0 amide bonds. The summed E-state index contributed by atoms with van der Waals surface area (Å²) in [6.07, 6.45) is 2.63. The van der Waals surface area contributed by atoms with Gasteiger partial charge in [0.25, 0.3) is 0 Å². The average molecular weight is 516 g/mol. The lowest BCUT2D eigenvalue weighted by atomic mass is 10.3. The Morgan fingerprint density at radius 2 is 0.972 bits per heavy atom. The highest BCUT2D eigenvalue weighted by atomic mass is 16.6. The molecule has 1 N–H and O–H groups in total. The standard InChI is InChI=1S/C14H23NO5.C10H14O6/c1-4-5-6-15-11(2)9-13(17)19-7-8-20-14(18)10-12(3)16;1-7(11)5-9(13)15-3-4-16-10(14)6-8(2)12/h9,15H,4-8,10H2,1-3H3;3-6H2,1-2H3/b11-9-;. The van der Waals surface area contributed by atoms with Crippen LogP contribution in [0.2, 0.25) is 0 Å². The number of hydrogen-bond donors (Lipinski definition) is 1. The van der Waals surface area contributed by atoms with E-state index in [1.807, 2.05) is 0 Å². The Labute approximate surface area is 211 Å². The lowest BCUT2D eigenvalue weighted by molar-refractivity contribution is -0.154. The van der Waals surface area contributed by atoms with Crippen LogP contribution in [0.1, 0.15) is 66.7 Å². The highest BCUT2D eigenvalue weighted by molar-refractivity contribution is 5.95. The smallest absolute Gasteiger partial charge is 0.332 e. The number of Topliss-reactive ketones (excluding diaryl/α,β-unsaturated/α-hetero) is 3. The molecule has 0 aliphatic heterocycles. The highest BCUT2D eigenvalue weighted by Crippen LogP contribution is 1.94. The third-order valence-corrected chi connectivity index (χ3v) is 3.65. The monoisotopic (exact) mass is 515 g/mol. The van der Waals surface area contributed by atoms with Crippen molar-refractivity contribution in [1.82, 2.24) is 5.32 Å². The van der Waals surface area contributed by atoms with Crippen molar-refractivity contribution in [2.24, 2.45) is 0 Å². The van der Waals surface area contributed by atoms with E-state index in [0.29, 0.717) is 0 Å². The minimum atomic E-state index is -0.657. The zero-order chi connectivity index (χ0) is 27.9. The van der Waals surface area contributed by atoms with Crippen LogP contribution in [0.5, 0.6) is 0 Å². The first kappa shape index (κ1) is 34.6. The number of unbranched alkanes of at least 4 members (excludes halogenated alkanes) is 1. The minimum Gasteiger partial charge on any atom is -0.462 e. The van der Waals surface area contributed by atoms with Crippen molar-refractivity contribution in [3.05, 3.63) is 11.8 Å². The van der Waals surface area contributed by atoms with Gasteiger partial charge in [-0.05, 0) is 34.1 Å². The molecular weight excluding hydrogens is 478 g/mol. The van der Waals surface area contributed by atoms with E-state index in [1.165, 1.54) is 26.8 Å². The summed E-state index contributed by atoms with van der Waals surface area (Å²) in [6.45, 7) is 8.23. The molecule has 0 saturated heterocycles. The van der Waals surface area contributed by atoms with Gasteiger partial charge < -0.3 is 24.3 Å². The molecule has 204 valence electrons. The van der Waals surface area contributed by atoms with E-state index >= 15 is 0 Å². The molecule has 0 saturated carbocycles. The zero-order valence-corrected chi connectivity index (χ0v) is 21.6. The van der Waals surface area contributed by atoms with Crippen molar-refractivity contribution in [3.63, 3.8) is 0 Å². The van der Waals surface area contributed by atoms with Gasteiger partial charge in [0.05, 0.1) is 0 Å². The third kappa shape index (κ3) is 26.7. The summed E-state index contributed by atoms with van der Waals surface area (Å²) in [5.74, 6) is -3.26. The van der Waals surface area contributed by atoms with Crippen molar-refractivity contribution >= 4 is 41.2 Å². The number of ketones is 3. The van der Waals surface area contributed by atoms with Gasteiger partial charge in [0.2, 0.25) is 0 Å². The zero-order valence-electron chi connectivity index (χ0n) is 21.6. The van der Waals surface area contributed by atoms with Gasteiger partial charge in [0.15, 0.2) is 0 Å². The Morgan fingerprint density at radius 1 is 0.611 bits per heavy atom. The van der Waals surface area contributed by atoms with Gasteiger partial charge >= 0.3 is 23.9 Å². The second-order valence-corrected chi connectivity index (χ2v) is 7.57. The fourth-order valence-corrected chi connectivity index (χ4v) is 2.10. The lowest BCUT2D eigenvalue weighted by Crippen LogP contribution is -2.17. The normalized spacial score (nSPS) is 10.2. The van der Waals surface area contributed by atoms with E-state index in [-0.39, 0.29) is 63.0 Å². The molecule has 0 aliphatic carbocycles. The first-order valence-electron chi connectivity index (χ1n) is 11.4. The van der Waals surface area contributed by atoms with Crippen LogP contribution >= 0.6 is 0 Å². The maximum atomic E-state index is 11.4. The largest absolute Gasteiger partial charge is 0.462 e. The number of nitrogens with one attached hydrogen (secondary N) is 1. The first-order valence-corrected chi connectivity index (χ1v) is 11.4. The maximum Gasteiger partial charge on any atom is 0.332 e. The molecule has 12 nitrogen and oxygen atoms in total. The minimum absolute atomic E-state index is 0.0266. The molecule has 0 heterocycles. The summed E-state index contributed by atoms with van der Waals surface area (Å²) in [4.78, 5) is 75.7. The second-order valence-electron chi connectivity index (χ2n) is 7.57. The summed E-state index contributed by atoms with van der Waals surface area (Å²) in [5.41, 5.74) is 0.733. The molecule has 12 heteroatoms. The first-order chi connectivity index (χ1) is 16.9. The van der Waals surface area contributed by atoms with Crippen molar-refractivity contribution in [2.75, 3.05) is 33.0 Å². The topological polar surface area (TPSA) is 168 Å². The second kappa shape index (κ2) is 21.9. The molecule has 0 aromatic heterocycles. The number of carbonyl (C=O) groups is 7. The van der Waals surface area contributed by atoms with Crippen molar-refractivity contribution in [2.45, 2.75) is 66.7 Å². The van der Waals surface area contributed by atoms with Crippen molar-refractivity contribution < 1.29 is 52.5 Å². The summed E-state index contributed by atoms with van der Waals surface area (Å²) in [5, 5.41) is 3.08. The number of rotatable bonds is 17. The fourth-order valence-electron chi connectivity index (χ4n) is 2.10. The molecule has 0 fully saturated rings. The number of carbonyl (C=O) groups excluding carboxylic acids is 7. The summed E-state index contributed by atoms with van der Waals surface area (Å²) < 4.78 is 18.7. The van der Waals surface area contributed by atoms with E-state index in [0.717, 1.165) is 25.1 Å². The molecule has 0 aliphatic rings. The molecule has 0 unspecified atom stereocenters. The van der Waals surface area contributed by atoms with E-state index in [9.17, 15) is 33.6 Å². The van der Waals surface area contributed by atoms with Crippen LogP contribution in [0.4, 0.5) is 0 Å². The van der Waals surface area contributed by atoms with Crippen LogP contribution in [-0.4, -0.2) is 74.2 Å². The van der Waals surface area contributed by atoms with E-state index in [1.54, 1.807) is 6.92 Å². The number of allylic oxidation sites excluding steroid dienone is 1. The summed E-state index contributed by atoms with van der Waals surface area (Å²) >= 11 is 0. The SMILES string of the molecule is CC(=O)CC(=O)OCCOC(=O)CC(C)=O.CCCCN/C(C)=C\C(=O)OCCOC(=O)CC(C)=O. The van der Waals surface area contributed by atoms with Crippen LogP contribution in [0.3, 0.4) is 0 Å². The quantitative estimate of drug-likeness (QED) is 0.0972. The van der Waals surface area contributed by atoms with Crippen LogP contribution in [0, 0.1) is 0 Å². The summed E-state index contributed by atoms with van der Waals surface area (Å²) in [7, 11) is 0. The Kier molecular flexibility index (Phi) is 21.1. The predicted octanol–water partition coefficient (Wildman–Crippen LogP) is 1.38. The molecule has 0 rings (SSSR count). The van der Waals surface area contributed by atoms with Gasteiger partial charge in [-0.15, -0.1) is 0 Å². The van der Waals surface area contributed by atoms with Crippen LogP contribution in [0.15, 0.2) is 11.8 Å². The number of ether oxygens (including phenoxy) is 4. The van der Waals surface area contributed by atoms with E-state index in [2.05, 4.69) is 21.7 Å². The van der Waals surface area contributed by atoms with Crippen LogP contribution in [0.25, 0.3) is 0 Å². The van der Waals surface area contributed by atoms with Crippen molar-refractivity contribution in [3.8, 4) is 0 Å². The van der Waals surface area contributed by atoms with Gasteiger partial charge in [-0.2, -0.15) is 0 Å². The fraction of sp³-hybridized carbons (Fsp3) is 0.625. The molecule has 0 radical (unpaired) electrons. The molecular formula is C24H37NO11. The number of esters is 4. The molecule has 36 heavy (non-hydrogen) atoms. The Balaban J connectivity index is 0. The van der Waals surface area contributed by atoms with Gasteiger partial charge in [-0.1, -0.05) is 13.3 Å². The van der Waals surface area contributed by atoms with Gasteiger partial charge in [-0.25, -0.2) is 4.79 Å². The molecule has 0 bridgehead atoms. The summed E-state index contributed by atoms with van der Waals surface area (Å²) in [6, 6.07) is 0. The molecule has 0 spiro atoms. The number of hydrogen-bond acceptors (Lipinski definition) is 12. The molecule has 0 atom stereocenters. The van der Waals surface area contributed by atoms with Crippen LogP contribution in [-0.2, 0) is 52.5 Å². The molecule has 0 aromatic rings.